The lowest BCUT2D eigenvalue weighted by Crippen LogP contribution is -2.25. The average molecular weight is 250 g/mol. The second kappa shape index (κ2) is 6.54. The Bertz CT molecular complexity index is 372. The zero-order valence-electron chi connectivity index (χ0n) is 10.9. The molecule has 1 aromatic heterocycles. The highest BCUT2D eigenvalue weighted by molar-refractivity contribution is 5.41. The van der Waals surface area contributed by atoms with Crippen molar-refractivity contribution in [2.24, 2.45) is 5.92 Å². The van der Waals surface area contributed by atoms with Crippen LogP contribution in [0.4, 0.5) is 11.6 Å². The zero-order valence-corrected chi connectivity index (χ0v) is 10.9. The summed E-state index contributed by atoms with van der Waals surface area (Å²) in [6, 6.07) is 0. The van der Waals surface area contributed by atoms with E-state index in [2.05, 4.69) is 20.6 Å². The summed E-state index contributed by atoms with van der Waals surface area (Å²) in [7, 11) is 0. The topological polar surface area (TPSA) is 70.1 Å². The van der Waals surface area contributed by atoms with Gasteiger partial charge in [-0.15, -0.1) is 0 Å². The third-order valence-corrected chi connectivity index (χ3v) is 3.32. The van der Waals surface area contributed by atoms with E-state index in [-0.39, 0.29) is 6.10 Å². The summed E-state index contributed by atoms with van der Waals surface area (Å²) in [5, 5.41) is 16.1. The van der Waals surface area contributed by atoms with Gasteiger partial charge in [0, 0.05) is 13.1 Å². The van der Waals surface area contributed by atoms with E-state index in [4.69, 9.17) is 0 Å². The van der Waals surface area contributed by atoms with Crippen LogP contribution in [0.2, 0.25) is 0 Å². The van der Waals surface area contributed by atoms with Crippen LogP contribution in [-0.4, -0.2) is 34.3 Å². The Morgan fingerprint density at radius 1 is 1.28 bits per heavy atom. The Hall–Kier alpha value is -1.36. The molecule has 0 aliphatic heterocycles. The SMILES string of the molecule is CCNc1cncc(NCC2CCCC(O)C2)n1. The standard InChI is InChI=1S/C13H22N4O/c1-2-15-12-8-14-9-13(17-12)16-7-10-4-3-5-11(18)6-10/h8-11,18H,2-7H2,1H3,(H2,15,16,17). The highest BCUT2D eigenvalue weighted by Crippen LogP contribution is 2.24. The van der Waals surface area contributed by atoms with E-state index in [9.17, 15) is 5.11 Å². The number of hydrogen-bond donors (Lipinski definition) is 3. The first kappa shape index (κ1) is 13.1. The van der Waals surface area contributed by atoms with E-state index in [0.717, 1.165) is 44.0 Å². The molecule has 5 heteroatoms. The van der Waals surface area contributed by atoms with Gasteiger partial charge in [0.2, 0.25) is 0 Å². The van der Waals surface area contributed by atoms with E-state index in [1.54, 1.807) is 12.4 Å². The second-order valence-electron chi connectivity index (χ2n) is 4.89. The first-order valence-electron chi connectivity index (χ1n) is 6.75. The molecule has 1 aliphatic rings. The van der Waals surface area contributed by atoms with Crippen molar-refractivity contribution in [1.82, 2.24) is 9.97 Å². The van der Waals surface area contributed by atoms with Crippen molar-refractivity contribution in [1.29, 1.82) is 0 Å². The van der Waals surface area contributed by atoms with Crippen molar-refractivity contribution in [3.63, 3.8) is 0 Å². The molecule has 100 valence electrons. The Balaban J connectivity index is 1.83. The summed E-state index contributed by atoms with van der Waals surface area (Å²) in [6.45, 7) is 3.74. The minimum atomic E-state index is -0.121. The van der Waals surface area contributed by atoms with Crippen LogP contribution >= 0.6 is 0 Å². The van der Waals surface area contributed by atoms with E-state index < -0.39 is 0 Å². The van der Waals surface area contributed by atoms with Crippen molar-refractivity contribution in [3.8, 4) is 0 Å². The predicted molar refractivity (Wildman–Crippen MR) is 72.7 cm³/mol. The molecule has 0 amide bonds. The first-order chi connectivity index (χ1) is 8.78. The highest BCUT2D eigenvalue weighted by Gasteiger charge is 2.19. The summed E-state index contributed by atoms with van der Waals surface area (Å²) in [6.07, 6.45) is 7.49. The summed E-state index contributed by atoms with van der Waals surface area (Å²) in [5.41, 5.74) is 0. The Kier molecular flexibility index (Phi) is 4.75. The van der Waals surface area contributed by atoms with E-state index in [0.29, 0.717) is 5.92 Å². The summed E-state index contributed by atoms with van der Waals surface area (Å²) < 4.78 is 0. The number of nitrogens with zero attached hydrogens (tertiary/aromatic N) is 2. The average Bonchev–Trinajstić information content (AvgIpc) is 2.37. The van der Waals surface area contributed by atoms with Crippen molar-refractivity contribution in [3.05, 3.63) is 12.4 Å². The van der Waals surface area contributed by atoms with Gasteiger partial charge in [0.25, 0.3) is 0 Å². The number of rotatable bonds is 5. The quantitative estimate of drug-likeness (QED) is 0.744. The molecule has 0 aromatic carbocycles. The molecule has 1 fully saturated rings. The molecular weight excluding hydrogens is 228 g/mol. The molecule has 1 aromatic rings. The van der Waals surface area contributed by atoms with Gasteiger partial charge in [0.05, 0.1) is 18.5 Å². The number of hydrogen-bond acceptors (Lipinski definition) is 5. The maximum absolute atomic E-state index is 9.63. The van der Waals surface area contributed by atoms with Crippen LogP contribution in [0.1, 0.15) is 32.6 Å². The first-order valence-corrected chi connectivity index (χ1v) is 6.75. The molecule has 3 N–H and O–H groups in total. The van der Waals surface area contributed by atoms with Gasteiger partial charge in [0.15, 0.2) is 0 Å². The molecule has 1 saturated carbocycles. The number of aliphatic hydroxyl groups excluding tert-OH is 1. The maximum Gasteiger partial charge on any atom is 0.146 e. The van der Waals surface area contributed by atoms with Crippen LogP contribution in [0.25, 0.3) is 0 Å². The van der Waals surface area contributed by atoms with Gasteiger partial charge in [0.1, 0.15) is 11.6 Å². The van der Waals surface area contributed by atoms with Gasteiger partial charge in [-0.2, -0.15) is 0 Å². The molecule has 5 nitrogen and oxygen atoms in total. The molecule has 2 unspecified atom stereocenters. The lowest BCUT2D eigenvalue weighted by molar-refractivity contribution is 0.104. The van der Waals surface area contributed by atoms with Crippen LogP contribution in [0, 0.1) is 5.92 Å². The molecule has 0 spiro atoms. The van der Waals surface area contributed by atoms with Crippen LogP contribution in [0.15, 0.2) is 12.4 Å². The third-order valence-electron chi connectivity index (χ3n) is 3.32. The largest absolute Gasteiger partial charge is 0.393 e. The van der Waals surface area contributed by atoms with Crippen molar-refractivity contribution in [2.45, 2.75) is 38.7 Å². The summed E-state index contributed by atoms with van der Waals surface area (Å²) in [5.74, 6) is 2.14. The van der Waals surface area contributed by atoms with Crippen LogP contribution in [0.5, 0.6) is 0 Å². The van der Waals surface area contributed by atoms with Crippen molar-refractivity contribution >= 4 is 11.6 Å². The fraction of sp³-hybridized carbons (Fsp3) is 0.692. The van der Waals surface area contributed by atoms with Crippen molar-refractivity contribution in [2.75, 3.05) is 23.7 Å². The van der Waals surface area contributed by atoms with Gasteiger partial charge >= 0.3 is 0 Å². The smallest absolute Gasteiger partial charge is 0.146 e. The minimum absolute atomic E-state index is 0.121. The molecule has 1 aliphatic carbocycles. The van der Waals surface area contributed by atoms with Gasteiger partial charge in [-0.25, -0.2) is 4.98 Å². The summed E-state index contributed by atoms with van der Waals surface area (Å²) in [4.78, 5) is 8.56. The molecule has 0 saturated heterocycles. The van der Waals surface area contributed by atoms with Gasteiger partial charge < -0.3 is 15.7 Å². The maximum atomic E-state index is 9.63. The monoisotopic (exact) mass is 250 g/mol. The third kappa shape index (κ3) is 3.84. The molecule has 18 heavy (non-hydrogen) atoms. The predicted octanol–water partition coefficient (Wildman–Crippen LogP) is 1.87. The molecule has 0 bridgehead atoms. The Morgan fingerprint density at radius 2 is 2.06 bits per heavy atom. The van der Waals surface area contributed by atoms with Gasteiger partial charge in [-0.05, 0) is 32.1 Å². The molecule has 0 radical (unpaired) electrons. The molecule has 2 atom stereocenters. The Morgan fingerprint density at radius 3 is 2.78 bits per heavy atom. The lowest BCUT2D eigenvalue weighted by atomic mass is 9.87. The highest BCUT2D eigenvalue weighted by atomic mass is 16.3. The van der Waals surface area contributed by atoms with Gasteiger partial charge in [-0.1, -0.05) is 6.42 Å². The Labute approximate surface area is 108 Å². The zero-order chi connectivity index (χ0) is 12.8. The second-order valence-corrected chi connectivity index (χ2v) is 4.89. The number of anilines is 2. The van der Waals surface area contributed by atoms with Crippen LogP contribution in [-0.2, 0) is 0 Å². The fourth-order valence-electron chi connectivity index (χ4n) is 2.41. The number of aliphatic hydroxyl groups is 1. The van der Waals surface area contributed by atoms with E-state index in [1.165, 1.54) is 6.42 Å². The molecule has 1 heterocycles. The number of nitrogens with one attached hydrogen (secondary N) is 2. The normalized spacial score (nSPS) is 23.7. The van der Waals surface area contributed by atoms with Crippen LogP contribution < -0.4 is 10.6 Å². The van der Waals surface area contributed by atoms with E-state index >= 15 is 0 Å². The van der Waals surface area contributed by atoms with Gasteiger partial charge in [-0.3, -0.25) is 4.98 Å². The van der Waals surface area contributed by atoms with Crippen LogP contribution in [0.3, 0.4) is 0 Å². The molecular formula is C13H22N4O. The lowest BCUT2D eigenvalue weighted by Gasteiger charge is -2.26. The number of aromatic nitrogens is 2. The fourth-order valence-corrected chi connectivity index (χ4v) is 2.41. The molecule has 2 rings (SSSR count). The van der Waals surface area contributed by atoms with Crippen molar-refractivity contribution < 1.29 is 5.11 Å². The minimum Gasteiger partial charge on any atom is -0.393 e. The van der Waals surface area contributed by atoms with E-state index in [1.807, 2.05) is 6.92 Å². The summed E-state index contributed by atoms with van der Waals surface area (Å²) >= 11 is 0.